The normalized spacial score (nSPS) is 10.8. The van der Waals surface area contributed by atoms with E-state index in [-0.39, 0.29) is 5.82 Å². The Morgan fingerprint density at radius 3 is 2.55 bits per heavy atom. The first-order valence-electron chi connectivity index (χ1n) is 7.18. The molecule has 0 heterocycles. The van der Waals surface area contributed by atoms with Crippen LogP contribution in [0.1, 0.15) is 30.0 Å². The fourth-order valence-electron chi connectivity index (χ4n) is 2.38. The first-order valence-corrected chi connectivity index (χ1v) is 7.18. The molecule has 0 saturated heterocycles. The van der Waals surface area contributed by atoms with E-state index in [1.54, 1.807) is 6.07 Å². The molecule has 1 N–H and O–H groups in total. The van der Waals surface area contributed by atoms with Gasteiger partial charge in [0, 0.05) is 6.54 Å². The number of benzene rings is 2. The lowest BCUT2D eigenvalue weighted by molar-refractivity contribution is 0.625. The molecular weight excluding hydrogens is 249 g/mol. The molecule has 2 heteroatoms. The van der Waals surface area contributed by atoms with Crippen molar-refractivity contribution < 1.29 is 4.39 Å². The van der Waals surface area contributed by atoms with Crippen molar-refractivity contribution >= 4 is 0 Å². The zero-order valence-corrected chi connectivity index (χ0v) is 12.5. The maximum atomic E-state index is 13.6. The molecule has 0 atom stereocenters. The number of hydrogen-bond donors (Lipinski definition) is 1. The first kappa shape index (κ1) is 14.7. The molecule has 0 aliphatic rings. The average molecular weight is 271 g/mol. The quantitative estimate of drug-likeness (QED) is 0.783. The fraction of sp³-hybridized carbons (Fsp3) is 0.333. The van der Waals surface area contributed by atoms with Crippen LogP contribution in [0, 0.1) is 19.7 Å². The van der Waals surface area contributed by atoms with E-state index in [4.69, 9.17) is 0 Å². The van der Waals surface area contributed by atoms with Crippen LogP contribution in [-0.4, -0.2) is 6.54 Å². The van der Waals surface area contributed by atoms with Gasteiger partial charge < -0.3 is 5.32 Å². The molecule has 106 valence electrons. The summed E-state index contributed by atoms with van der Waals surface area (Å²) in [7, 11) is 0. The van der Waals surface area contributed by atoms with E-state index in [2.05, 4.69) is 44.3 Å². The molecule has 0 spiro atoms. The molecule has 0 aromatic heterocycles. The predicted octanol–water partition coefficient (Wildman–Crippen LogP) is 4.61. The third-order valence-electron chi connectivity index (χ3n) is 3.50. The van der Waals surface area contributed by atoms with Crippen LogP contribution in [0.25, 0.3) is 11.1 Å². The summed E-state index contributed by atoms with van der Waals surface area (Å²) in [6.07, 6.45) is 1.10. The lowest BCUT2D eigenvalue weighted by atomic mass is 9.94. The first-order chi connectivity index (χ1) is 9.61. The van der Waals surface area contributed by atoms with Crippen LogP contribution < -0.4 is 5.32 Å². The van der Waals surface area contributed by atoms with Crippen molar-refractivity contribution in [3.63, 3.8) is 0 Å². The monoisotopic (exact) mass is 271 g/mol. The number of rotatable bonds is 5. The molecule has 0 saturated carbocycles. The van der Waals surface area contributed by atoms with Gasteiger partial charge in [-0.15, -0.1) is 0 Å². The molecule has 0 amide bonds. The topological polar surface area (TPSA) is 12.0 Å². The van der Waals surface area contributed by atoms with Gasteiger partial charge in [-0.05, 0) is 61.2 Å². The SMILES string of the molecule is CCCNCc1ccc(F)cc1-c1cc(C)ccc1C. The van der Waals surface area contributed by atoms with Gasteiger partial charge in [-0.1, -0.05) is 36.8 Å². The molecule has 0 unspecified atom stereocenters. The van der Waals surface area contributed by atoms with Crippen LogP contribution >= 0.6 is 0 Å². The summed E-state index contributed by atoms with van der Waals surface area (Å²) in [6.45, 7) is 8.03. The minimum Gasteiger partial charge on any atom is -0.313 e. The summed E-state index contributed by atoms with van der Waals surface area (Å²) in [5.41, 5.74) is 5.64. The predicted molar refractivity (Wildman–Crippen MR) is 83.3 cm³/mol. The van der Waals surface area contributed by atoms with Crippen LogP contribution in [0.15, 0.2) is 36.4 Å². The summed E-state index contributed by atoms with van der Waals surface area (Å²) in [4.78, 5) is 0. The van der Waals surface area contributed by atoms with Crippen molar-refractivity contribution in [3.8, 4) is 11.1 Å². The third-order valence-corrected chi connectivity index (χ3v) is 3.50. The second-order valence-electron chi connectivity index (χ2n) is 5.30. The van der Waals surface area contributed by atoms with Crippen molar-refractivity contribution in [1.82, 2.24) is 5.32 Å². The highest BCUT2D eigenvalue weighted by molar-refractivity contribution is 5.71. The number of hydrogen-bond acceptors (Lipinski definition) is 1. The summed E-state index contributed by atoms with van der Waals surface area (Å²) < 4.78 is 13.6. The molecule has 20 heavy (non-hydrogen) atoms. The van der Waals surface area contributed by atoms with E-state index in [1.165, 1.54) is 17.2 Å². The smallest absolute Gasteiger partial charge is 0.123 e. The van der Waals surface area contributed by atoms with Crippen LogP contribution in [0.5, 0.6) is 0 Å². The Kier molecular flexibility index (Phi) is 4.91. The van der Waals surface area contributed by atoms with Gasteiger partial charge in [0.05, 0.1) is 0 Å². The largest absolute Gasteiger partial charge is 0.313 e. The Morgan fingerprint density at radius 1 is 1.00 bits per heavy atom. The minimum absolute atomic E-state index is 0.180. The molecule has 0 radical (unpaired) electrons. The standard InChI is InChI=1S/C18H22FN/c1-4-9-20-12-15-7-8-16(19)11-18(15)17-10-13(2)5-6-14(17)3/h5-8,10-11,20H,4,9,12H2,1-3H3. The van der Waals surface area contributed by atoms with Crippen LogP contribution in [-0.2, 0) is 6.54 Å². The molecular formula is C18H22FN. The van der Waals surface area contributed by atoms with E-state index in [0.717, 1.165) is 36.2 Å². The maximum absolute atomic E-state index is 13.6. The average Bonchev–Trinajstić information content (AvgIpc) is 2.43. The van der Waals surface area contributed by atoms with Crippen LogP contribution in [0.3, 0.4) is 0 Å². The van der Waals surface area contributed by atoms with Crippen LogP contribution in [0.4, 0.5) is 4.39 Å². The number of aryl methyl sites for hydroxylation is 2. The maximum Gasteiger partial charge on any atom is 0.123 e. The van der Waals surface area contributed by atoms with E-state index in [1.807, 2.05) is 6.07 Å². The Labute approximate surface area is 120 Å². The molecule has 2 aromatic rings. The highest BCUT2D eigenvalue weighted by Crippen LogP contribution is 2.28. The van der Waals surface area contributed by atoms with Gasteiger partial charge in [0.15, 0.2) is 0 Å². The second kappa shape index (κ2) is 6.67. The molecule has 0 fully saturated rings. The molecule has 0 aliphatic carbocycles. The number of halogens is 1. The highest BCUT2D eigenvalue weighted by atomic mass is 19.1. The minimum atomic E-state index is -0.180. The Bertz CT molecular complexity index is 590. The van der Waals surface area contributed by atoms with Gasteiger partial charge in [-0.2, -0.15) is 0 Å². The van der Waals surface area contributed by atoms with Crippen LogP contribution in [0.2, 0.25) is 0 Å². The Balaban J connectivity index is 2.42. The van der Waals surface area contributed by atoms with E-state index < -0.39 is 0 Å². The van der Waals surface area contributed by atoms with Crippen molar-refractivity contribution in [2.75, 3.05) is 6.54 Å². The Morgan fingerprint density at radius 2 is 1.80 bits per heavy atom. The summed E-state index contributed by atoms with van der Waals surface area (Å²) in [5.74, 6) is -0.180. The van der Waals surface area contributed by atoms with E-state index in [0.29, 0.717) is 0 Å². The highest BCUT2D eigenvalue weighted by Gasteiger charge is 2.09. The van der Waals surface area contributed by atoms with Crippen molar-refractivity contribution in [2.24, 2.45) is 0 Å². The molecule has 0 bridgehead atoms. The summed E-state index contributed by atoms with van der Waals surface area (Å²) in [5, 5.41) is 3.39. The van der Waals surface area contributed by atoms with Gasteiger partial charge in [0.25, 0.3) is 0 Å². The van der Waals surface area contributed by atoms with Gasteiger partial charge in [-0.3, -0.25) is 0 Å². The summed E-state index contributed by atoms with van der Waals surface area (Å²) in [6, 6.07) is 11.4. The third kappa shape index (κ3) is 3.45. The van der Waals surface area contributed by atoms with E-state index >= 15 is 0 Å². The van der Waals surface area contributed by atoms with Gasteiger partial charge >= 0.3 is 0 Å². The molecule has 1 nitrogen and oxygen atoms in total. The zero-order chi connectivity index (χ0) is 14.5. The second-order valence-corrected chi connectivity index (χ2v) is 5.30. The fourth-order valence-corrected chi connectivity index (χ4v) is 2.38. The van der Waals surface area contributed by atoms with Crippen molar-refractivity contribution in [3.05, 3.63) is 58.9 Å². The van der Waals surface area contributed by atoms with E-state index in [9.17, 15) is 4.39 Å². The Hall–Kier alpha value is -1.67. The molecule has 2 rings (SSSR count). The van der Waals surface area contributed by atoms with Gasteiger partial charge in [0.1, 0.15) is 5.82 Å². The van der Waals surface area contributed by atoms with Gasteiger partial charge in [0.2, 0.25) is 0 Å². The lowest BCUT2D eigenvalue weighted by Gasteiger charge is -2.14. The zero-order valence-electron chi connectivity index (χ0n) is 12.5. The van der Waals surface area contributed by atoms with Crippen molar-refractivity contribution in [2.45, 2.75) is 33.7 Å². The molecule has 2 aromatic carbocycles. The lowest BCUT2D eigenvalue weighted by Crippen LogP contribution is -2.14. The number of nitrogens with one attached hydrogen (secondary N) is 1. The summed E-state index contributed by atoms with van der Waals surface area (Å²) >= 11 is 0. The van der Waals surface area contributed by atoms with Crippen molar-refractivity contribution in [1.29, 1.82) is 0 Å². The van der Waals surface area contributed by atoms with Gasteiger partial charge in [-0.25, -0.2) is 4.39 Å². The molecule has 0 aliphatic heterocycles.